The number of carbonyl (C=O) groups is 1. The Kier molecular flexibility index (Phi) is 3.55. The molecule has 1 aliphatic rings. The van der Waals surface area contributed by atoms with Gasteiger partial charge < -0.3 is 10.0 Å². The fourth-order valence-corrected chi connectivity index (χ4v) is 1.75. The van der Waals surface area contributed by atoms with Crippen LogP contribution >= 0.6 is 0 Å². The van der Waals surface area contributed by atoms with E-state index in [1.165, 1.54) is 4.90 Å². The van der Waals surface area contributed by atoms with Crippen LogP contribution in [0.1, 0.15) is 18.7 Å². The van der Waals surface area contributed by atoms with Crippen LogP contribution in [0.5, 0.6) is 0 Å². The van der Waals surface area contributed by atoms with Crippen molar-refractivity contribution in [3.63, 3.8) is 0 Å². The standard InChI is InChI=1S/C12H13N3O2/c16-12(17)15-8-4-10(5-9-15)2-3-11-13-6-1-7-14-11/h1,6-7,10H,4-5,8-9H2,(H,16,17). The zero-order valence-corrected chi connectivity index (χ0v) is 9.33. The Morgan fingerprint density at radius 2 is 2.00 bits per heavy atom. The first-order valence-corrected chi connectivity index (χ1v) is 5.52. The van der Waals surface area contributed by atoms with E-state index in [4.69, 9.17) is 5.11 Å². The van der Waals surface area contributed by atoms with Crippen molar-refractivity contribution in [1.29, 1.82) is 0 Å². The molecule has 1 aromatic heterocycles. The van der Waals surface area contributed by atoms with Crippen LogP contribution in [0.4, 0.5) is 4.79 Å². The van der Waals surface area contributed by atoms with Crippen molar-refractivity contribution >= 4 is 6.09 Å². The van der Waals surface area contributed by atoms with Gasteiger partial charge in [-0.3, -0.25) is 0 Å². The molecule has 1 aromatic rings. The number of likely N-dealkylation sites (tertiary alicyclic amines) is 1. The largest absolute Gasteiger partial charge is 0.465 e. The summed E-state index contributed by atoms with van der Waals surface area (Å²) in [6.07, 6.45) is 4.04. The van der Waals surface area contributed by atoms with Crippen molar-refractivity contribution in [3.05, 3.63) is 24.3 Å². The maximum Gasteiger partial charge on any atom is 0.407 e. The first kappa shape index (κ1) is 11.4. The van der Waals surface area contributed by atoms with Crippen LogP contribution in [0.3, 0.4) is 0 Å². The van der Waals surface area contributed by atoms with Crippen LogP contribution in [-0.2, 0) is 0 Å². The molecule has 1 fully saturated rings. The van der Waals surface area contributed by atoms with E-state index >= 15 is 0 Å². The quantitative estimate of drug-likeness (QED) is 0.682. The summed E-state index contributed by atoms with van der Waals surface area (Å²) in [4.78, 5) is 20.2. The fourth-order valence-electron chi connectivity index (χ4n) is 1.75. The van der Waals surface area contributed by atoms with Crippen LogP contribution in [0.15, 0.2) is 18.5 Å². The molecule has 1 aliphatic heterocycles. The Morgan fingerprint density at radius 1 is 1.35 bits per heavy atom. The molecule has 1 N–H and O–H groups in total. The summed E-state index contributed by atoms with van der Waals surface area (Å²) in [7, 11) is 0. The van der Waals surface area contributed by atoms with Gasteiger partial charge in [0.25, 0.3) is 0 Å². The zero-order chi connectivity index (χ0) is 12.1. The molecule has 0 radical (unpaired) electrons. The van der Waals surface area contributed by atoms with Crippen molar-refractivity contribution < 1.29 is 9.90 Å². The lowest BCUT2D eigenvalue weighted by atomic mass is 9.98. The number of hydrogen-bond donors (Lipinski definition) is 1. The van der Waals surface area contributed by atoms with E-state index in [1.54, 1.807) is 18.5 Å². The van der Waals surface area contributed by atoms with Gasteiger partial charge in [0, 0.05) is 31.4 Å². The number of nitrogens with zero attached hydrogens (tertiary/aromatic N) is 3. The molecule has 5 nitrogen and oxygen atoms in total. The highest BCUT2D eigenvalue weighted by Crippen LogP contribution is 2.16. The Balaban J connectivity index is 1.91. The first-order valence-electron chi connectivity index (χ1n) is 5.52. The summed E-state index contributed by atoms with van der Waals surface area (Å²) < 4.78 is 0. The third-order valence-electron chi connectivity index (χ3n) is 2.72. The second-order valence-corrected chi connectivity index (χ2v) is 3.89. The van der Waals surface area contributed by atoms with E-state index in [1.807, 2.05) is 0 Å². The van der Waals surface area contributed by atoms with Crippen LogP contribution in [0.25, 0.3) is 0 Å². The molecule has 5 heteroatoms. The number of rotatable bonds is 0. The molecule has 0 bridgehead atoms. The predicted octanol–water partition coefficient (Wildman–Crippen LogP) is 1.22. The molecule has 0 spiro atoms. The third kappa shape index (κ3) is 3.18. The van der Waals surface area contributed by atoms with Gasteiger partial charge in [0.15, 0.2) is 0 Å². The van der Waals surface area contributed by atoms with Gasteiger partial charge in [0.1, 0.15) is 0 Å². The predicted molar refractivity (Wildman–Crippen MR) is 61.2 cm³/mol. The lowest BCUT2D eigenvalue weighted by Crippen LogP contribution is -2.37. The molecule has 2 rings (SSSR count). The highest BCUT2D eigenvalue weighted by atomic mass is 16.4. The molecule has 17 heavy (non-hydrogen) atoms. The molecule has 1 saturated heterocycles. The molecule has 0 aromatic carbocycles. The van der Waals surface area contributed by atoms with E-state index in [0.29, 0.717) is 18.9 Å². The highest BCUT2D eigenvalue weighted by molar-refractivity contribution is 5.65. The topological polar surface area (TPSA) is 66.3 Å². The minimum absolute atomic E-state index is 0.245. The third-order valence-corrected chi connectivity index (χ3v) is 2.72. The number of hydrogen-bond acceptors (Lipinski definition) is 3. The van der Waals surface area contributed by atoms with Crippen molar-refractivity contribution in [2.45, 2.75) is 12.8 Å². The molecular formula is C12H13N3O2. The van der Waals surface area contributed by atoms with Crippen molar-refractivity contribution in [2.75, 3.05) is 13.1 Å². The van der Waals surface area contributed by atoms with Gasteiger partial charge >= 0.3 is 6.09 Å². The van der Waals surface area contributed by atoms with Crippen molar-refractivity contribution in [2.24, 2.45) is 5.92 Å². The molecule has 88 valence electrons. The van der Waals surface area contributed by atoms with Gasteiger partial charge in [0.2, 0.25) is 5.82 Å². The Labute approximate surface area is 99.5 Å². The van der Waals surface area contributed by atoms with Gasteiger partial charge in [-0.15, -0.1) is 0 Å². The van der Waals surface area contributed by atoms with E-state index in [-0.39, 0.29) is 5.92 Å². The molecule has 2 heterocycles. The molecule has 0 unspecified atom stereocenters. The number of amides is 1. The summed E-state index contributed by atoms with van der Waals surface area (Å²) in [5.41, 5.74) is 0. The Bertz CT molecular complexity index is 442. The summed E-state index contributed by atoms with van der Waals surface area (Å²) in [5, 5.41) is 8.80. The smallest absolute Gasteiger partial charge is 0.407 e. The summed E-state index contributed by atoms with van der Waals surface area (Å²) in [6.45, 7) is 1.12. The average molecular weight is 231 g/mol. The summed E-state index contributed by atoms with van der Waals surface area (Å²) in [6, 6.07) is 1.75. The second kappa shape index (κ2) is 5.30. The first-order chi connectivity index (χ1) is 8.25. The molecule has 0 saturated carbocycles. The Morgan fingerprint density at radius 3 is 2.59 bits per heavy atom. The number of piperidine rings is 1. The molecule has 0 atom stereocenters. The van der Waals surface area contributed by atoms with Crippen LogP contribution < -0.4 is 0 Å². The van der Waals surface area contributed by atoms with Gasteiger partial charge in [-0.25, -0.2) is 14.8 Å². The van der Waals surface area contributed by atoms with Gasteiger partial charge in [-0.1, -0.05) is 5.92 Å². The minimum Gasteiger partial charge on any atom is -0.465 e. The molecular weight excluding hydrogens is 218 g/mol. The van der Waals surface area contributed by atoms with Crippen molar-refractivity contribution in [3.8, 4) is 11.8 Å². The highest BCUT2D eigenvalue weighted by Gasteiger charge is 2.20. The molecule has 0 aliphatic carbocycles. The summed E-state index contributed by atoms with van der Waals surface area (Å²) >= 11 is 0. The van der Waals surface area contributed by atoms with Crippen LogP contribution in [0.2, 0.25) is 0 Å². The Hall–Kier alpha value is -2.09. The van der Waals surface area contributed by atoms with E-state index in [0.717, 1.165) is 12.8 Å². The van der Waals surface area contributed by atoms with Crippen LogP contribution in [0, 0.1) is 17.8 Å². The fraction of sp³-hybridized carbons (Fsp3) is 0.417. The second-order valence-electron chi connectivity index (χ2n) is 3.89. The maximum absolute atomic E-state index is 10.7. The number of aromatic nitrogens is 2. The lowest BCUT2D eigenvalue weighted by Gasteiger charge is -2.27. The normalized spacial score (nSPS) is 16.1. The monoisotopic (exact) mass is 231 g/mol. The summed E-state index contributed by atoms with van der Waals surface area (Å²) in [5.74, 6) is 6.79. The van der Waals surface area contributed by atoms with Crippen molar-refractivity contribution in [1.82, 2.24) is 14.9 Å². The van der Waals surface area contributed by atoms with Gasteiger partial charge in [-0.05, 0) is 24.8 Å². The van der Waals surface area contributed by atoms with Gasteiger partial charge in [0.05, 0.1) is 0 Å². The lowest BCUT2D eigenvalue weighted by molar-refractivity contribution is 0.130. The minimum atomic E-state index is -0.845. The van der Waals surface area contributed by atoms with E-state index in [2.05, 4.69) is 21.8 Å². The van der Waals surface area contributed by atoms with E-state index in [9.17, 15) is 4.79 Å². The SMILES string of the molecule is O=C(O)N1CCC(C#Cc2ncccn2)CC1. The van der Waals surface area contributed by atoms with Gasteiger partial charge in [-0.2, -0.15) is 0 Å². The maximum atomic E-state index is 10.7. The number of carboxylic acid groups (broad SMARTS) is 1. The average Bonchev–Trinajstić information content (AvgIpc) is 2.38. The van der Waals surface area contributed by atoms with E-state index < -0.39 is 6.09 Å². The van der Waals surface area contributed by atoms with Crippen LogP contribution in [-0.4, -0.2) is 39.2 Å². The zero-order valence-electron chi connectivity index (χ0n) is 9.33. The molecule has 1 amide bonds.